The van der Waals surface area contributed by atoms with Crippen LogP contribution in [0.1, 0.15) is 21.5 Å². The Balaban J connectivity index is 1.75. The predicted octanol–water partition coefficient (Wildman–Crippen LogP) is 6.72. The number of benzene rings is 5. The van der Waals surface area contributed by atoms with Gasteiger partial charge < -0.3 is 14.6 Å². The molecule has 0 unspecified atom stereocenters. The van der Waals surface area contributed by atoms with Crippen LogP contribution in [0, 0.1) is 6.92 Å². The lowest BCUT2D eigenvalue weighted by Crippen LogP contribution is -2.06. The molecule has 0 aliphatic rings. The number of hydrogen-bond donors (Lipinski definition) is 2. The normalized spacial score (nSPS) is 11.4. The molecular weight excluding hydrogens is 452 g/mol. The summed E-state index contributed by atoms with van der Waals surface area (Å²) in [7, 11) is 0. The van der Waals surface area contributed by atoms with E-state index in [0.717, 1.165) is 5.56 Å². The molecular formula is C31H20O5. The van der Waals surface area contributed by atoms with Crippen molar-refractivity contribution in [1.29, 1.82) is 0 Å². The quantitative estimate of drug-likeness (QED) is 0.170. The minimum Gasteiger partial charge on any atom is -0.507 e. The maximum Gasteiger partial charge on any atom is 0.201 e. The smallest absolute Gasteiger partial charge is 0.201 e. The second-order valence-corrected chi connectivity index (χ2v) is 8.83. The first-order valence-electron chi connectivity index (χ1n) is 11.5. The molecule has 0 spiro atoms. The molecule has 1 heterocycles. The SMILES string of the molecule is Cc1ccc2oc3c(-c4ccccc4)c(O)c4cc(C(=O)c5ccccc5O)ccc4c3c(=O)c2c1. The highest BCUT2D eigenvalue weighted by atomic mass is 16.3. The van der Waals surface area contributed by atoms with Crippen molar-refractivity contribution in [3.63, 3.8) is 0 Å². The number of phenolic OH excluding ortho intramolecular Hbond substituents is 2. The van der Waals surface area contributed by atoms with Crippen LogP contribution in [-0.4, -0.2) is 16.0 Å². The summed E-state index contributed by atoms with van der Waals surface area (Å²) in [6.45, 7) is 1.91. The first-order chi connectivity index (χ1) is 17.4. The predicted molar refractivity (Wildman–Crippen MR) is 141 cm³/mol. The summed E-state index contributed by atoms with van der Waals surface area (Å²) in [6.07, 6.45) is 0. The Morgan fingerprint density at radius 1 is 0.778 bits per heavy atom. The summed E-state index contributed by atoms with van der Waals surface area (Å²) in [6, 6.07) is 25.7. The van der Waals surface area contributed by atoms with E-state index in [4.69, 9.17) is 4.42 Å². The molecule has 0 saturated carbocycles. The molecule has 36 heavy (non-hydrogen) atoms. The van der Waals surface area contributed by atoms with Crippen molar-refractivity contribution in [1.82, 2.24) is 0 Å². The van der Waals surface area contributed by atoms with Gasteiger partial charge in [-0.25, -0.2) is 0 Å². The Morgan fingerprint density at radius 3 is 2.31 bits per heavy atom. The fourth-order valence-electron chi connectivity index (χ4n) is 4.77. The van der Waals surface area contributed by atoms with Gasteiger partial charge in [-0.05, 0) is 42.8 Å². The molecule has 6 aromatic rings. The molecule has 0 aliphatic carbocycles. The molecule has 0 amide bonds. The van der Waals surface area contributed by atoms with Gasteiger partial charge in [-0.3, -0.25) is 9.59 Å². The third-order valence-electron chi connectivity index (χ3n) is 6.53. The van der Waals surface area contributed by atoms with Crippen LogP contribution in [0.15, 0.2) is 100 Å². The van der Waals surface area contributed by atoms with E-state index < -0.39 is 5.78 Å². The van der Waals surface area contributed by atoms with Crippen molar-refractivity contribution < 1.29 is 19.4 Å². The third kappa shape index (κ3) is 3.25. The van der Waals surface area contributed by atoms with Gasteiger partial charge in [0.1, 0.15) is 17.1 Å². The van der Waals surface area contributed by atoms with E-state index in [1.807, 2.05) is 43.3 Å². The van der Waals surface area contributed by atoms with Gasteiger partial charge >= 0.3 is 0 Å². The van der Waals surface area contributed by atoms with Crippen LogP contribution in [0.5, 0.6) is 11.5 Å². The lowest BCUT2D eigenvalue weighted by atomic mass is 9.92. The molecule has 1 aromatic heterocycles. The Labute approximate surface area is 205 Å². The third-order valence-corrected chi connectivity index (χ3v) is 6.53. The van der Waals surface area contributed by atoms with Crippen LogP contribution >= 0.6 is 0 Å². The van der Waals surface area contributed by atoms with E-state index in [0.29, 0.717) is 38.3 Å². The number of carbonyl (C=O) groups is 1. The lowest BCUT2D eigenvalue weighted by molar-refractivity contribution is 0.103. The average Bonchev–Trinajstić information content (AvgIpc) is 2.89. The van der Waals surface area contributed by atoms with Crippen molar-refractivity contribution in [3.05, 3.63) is 118 Å². The maximum absolute atomic E-state index is 13.8. The zero-order valence-corrected chi connectivity index (χ0v) is 19.3. The number of phenols is 2. The van der Waals surface area contributed by atoms with Gasteiger partial charge in [-0.1, -0.05) is 66.2 Å². The molecule has 6 rings (SSSR count). The lowest BCUT2D eigenvalue weighted by Gasteiger charge is -2.14. The van der Waals surface area contributed by atoms with Crippen LogP contribution in [0.2, 0.25) is 0 Å². The van der Waals surface area contributed by atoms with Gasteiger partial charge in [0.25, 0.3) is 0 Å². The number of para-hydroxylation sites is 1. The molecule has 0 bridgehead atoms. The van der Waals surface area contributed by atoms with Gasteiger partial charge in [0.05, 0.1) is 21.9 Å². The molecule has 2 N–H and O–H groups in total. The number of carbonyl (C=O) groups excluding carboxylic acids is 1. The highest BCUT2D eigenvalue weighted by Crippen LogP contribution is 2.43. The summed E-state index contributed by atoms with van der Waals surface area (Å²) in [5.41, 5.74) is 2.92. The first-order valence-corrected chi connectivity index (χ1v) is 11.5. The zero-order valence-electron chi connectivity index (χ0n) is 19.3. The van der Waals surface area contributed by atoms with E-state index in [2.05, 4.69) is 0 Å². The monoisotopic (exact) mass is 472 g/mol. The van der Waals surface area contributed by atoms with Gasteiger partial charge in [0, 0.05) is 16.3 Å². The zero-order chi connectivity index (χ0) is 25.0. The van der Waals surface area contributed by atoms with Crippen LogP contribution < -0.4 is 5.43 Å². The van der Waals surface area contributed by atoms with Crippen LogP contribution in [0.3, 0.4) is 0 Å². The van der Waals surface area contributed by atoms with E-state index in [1.165, 1.54) is 6.07 Å². The minimum absolute atomic E-state index is 0.0924. The van der Waals surface area contributed by atoms with Crippen molar-refractivity contribution in [2.75, 3.05) is 0 Å². The fourth-order valence-corrected chi connectivity index (χ4v) is 4.77. The van der Waals surface area contributed by atoms with Crippen LogP contribution in [0.25, 0.3) is 43.8 Å². The molecule has 0 saturated heterocycles. The summed E-state index contributed by atoms with van der Waals surface area (Å²) in [5.74, 6) is -0.611. The molecule has 0 radical (unpaired) electrons. The number of ketones is 1. The van der Waals surface area contributed by atoms with Crippen molar-refractivity contribution >= 4 is 38.5 Å². The van der Waals surface area contributed by atoms with Crippen molar-refractivity contribution in [2.45, 2.75) is 6.92 Å². The molecule has 0 fully saturated rings. The number of hydrogen-bond acceptors (Lipinski definition) is 5. The molecule has 5 nitrogen and oxygen atoms in total. The summed E-state index contributed by atoms with van der Waals surface area (Å²) < 4.78 is 6.26. The Bertz CT molecular complexity index is 1900. The second-order valence-electron chi connectivity index (χ2n) is 8.83. The van der Waals surface area contributed by atoms with E-state index in [-0.39, 0.29) is 33.6 Å². The van der Waals surface area contributed by atoms with Gasteiger partial charge in [-0.15, -0.1) is 0 Å². The van der Waals surface area contributed by atoms with Gasteiger partial charge in [0.2, 0.25) is 5.43 Å². The molecule has 5 heteroatoms. The Morgan fingerprint density at radius 2 is 1.53 bits per heavy atom. The average molecular weight is 472 g/mol. The van der Waals surface area contributed by atoms with Crippen molar-refractivity contribution in [2.24, 2.45) is 0 Å². The summed E-state index contributed by atoms with van der Waals surface area (Å²) >= 11 is 0. The van der Waals surface area contributed by atoms with E-state index in [9.17, 15) is 19.8 Å². The Kier molecular flexibility index (Phi) is 4.86. The topological polar surface area (TPSA) is 87.7 Å². The molecule has 5 aromatic carbocycles. The largest absolute Gasteiger partial charge is 0.507 e. The number of aryl methyl sites for hydroxylation is 1. The van der Waals surface area contributed by atoms with Gasteiger partial charge in [-0.2, -0.15) is 0 Å². The minimum atomic E-state index is -0.392. The van der Waals surface area contributed by atoms with Crippen LogP contribution in [0.4, 0.5) is 0 Å². The Hall–Kier alpha value is -4.90. The number of aromatic hydroxyl groups is 2. The molecule has 174 valence electrons. The standard InChI is InChI=1S/C31H20O5/c1-17-11-14-25-23(15-17)30(35)27-20-13-12-19(28(33)21-9-5-6-10-24(21)32)16-22(20)29(34)26(31(27)36-25)18-7-3-2-4-8-18/h2-16,32,34H,1H3. The number of fused-ring (bicyclic) bond motifs is 4. The van der Waals surface area contributed by atoms with E-state index >= 15 is 0 Å². The van der Waals surface area contributed by atoms with E-state index in [1.54, 1.807) is 48.5 Å². The molecule has 0 atom stereocenters. The number of rotatable bonds is 3. The highest BCUT2D eigenvalue weighted by molar-refractivity contribution is 6.19. The van der Waals surface area contributed by atoms with Gasteiger partial charge in [0.15, 0.2) is 11.4 Å². The first kappa shape index (κ1) is 21.6. The summed E-state index contributed by atoms with van der Waals surface area (Å²) in [4.78, 5) is 27.0. The van der Waals surface area contributed by atoms with Crippen LogP contribution in [-0.2, 0) is 0 Å². The maximum atomic E-state index is 13.8. The highest BCUT2D eigenvalue weighted by Gasteiger charge is 2.23. The molecule has 0 aliphatic heterocycles. The van der Waals surface area contributed by atoms with Crippen molar-refractivity contribution in [3.8, 4) is 22.6 Å². The summed E-state index contributed by atoms with van der Waals surface area (Å²) in [5, 5.41) is 23.3. The second kappa shape index (κ2) is 8.10. The fraction of sp³-hybridized carbons (Fsp3) is 0.0323.